The molecule has 1 unspecified atom stereocenters. The van der Waals surface area contributed by atoms with Crippen LogP contribution in [-0.2, 0) is 6.42 Å². The number of aliphatic hydroxyl groups excluding tert-OH is 1. The number of phenolic OH excluding ortho intramolecular Hbond substituents is 1. The predicted octanol–water partition coefficient (Wildman–Crippen LogP) is 1.73. The molecule has 0 aliphatic heterocycles. The summed E-state index contributed by atoms with van der Waals surface area (Å²) in [5.74, 6) is 0.347. The molecule has 0 amide bonds. The molecule has 0 saturated carbocycles. The lowest BCUT2D eigenvalue weighted by Gasteiger charge is -2.06. The number of hydrogen-bond donors (Lipinski definition) is 2. The van der Waals surface area contributed by atoms with Crippen LogP contribution in [0.3, 0.4) is 0 Å². The van der Waals surface area contributed by atoms with Crippen LogP contribution in [-0.4, -0.2) is 16.3 Å². The number of benzene rings is 1. The zero-order valence-electron chi connectivity index (χ0n) is 9.73. The van der Waals surface area contributed by atoms with Gasteiger partial charge in [-0.25, -0.2) is 0 Å². The highest BCUT2D eigenvalue weighted by molar-refractivity contribution is 5.83. The van der Waals surface area contributed by atoms with Gasteiger partial charge in [0.2, 0.25) is 0 Å². The molecule has 2 aromatic rings. The van der Waals surface area contributed by atoms with Gasteiger partial charge < -0.3 is 14.6 Å². The van der Waals surface area contributed by atoms with Gasteiger partial charge in [-0.2, -0.15) is 0 Å². The Morgan fingerprint density at radius 1 is 1.35 bits per heavy atom. The first-order chi connectivity index (χ1) is 7.97. The molecule has 17 heavy (non-hydrogen) atoms. The van der Waals surface area contributed by atoms with Crippen molar-refractivity contribution in [3.05, 3.63) is 39.7 Å². The second-order valence-corrected chi connectivity index (χ2v) is 4.29. The van der Waals surface area contributed by atoms with E-state index in [2.05, 4.69) is 0 Å². The lowest BCUT2D eigenvalue weighted by molar-refractivity contribution is 0.187. The summed E-state index contributed by atoms with van der Waals surface area (Å²) in [6, 6.07) is 4.53. The Hall–Kier alpha value is -1.81. The number of aromatic hydroxyl groups is 1. The zero-order chi connectivity index (χ0) is 12.6. The van der Waals surface area contributed by atoms with Gasteiger partial charge in [0.05, 0.1) is 6.10 Å². The summed E-state index contributed by atoms with van der Waals surface area (Å²) >= 11 is 0. The molecule has 1 aromatic heterocycles. The molecule has 0 spiro atoms. The number of phenols is 1. The highest BCUT2D eigenvalue weighted by atomic mass is 16.3. The SMILES string of the molecule is Cc1cc(O)c2c(=O)cc(CC(C)O)oc2c1. The largest absolute Gasteiger partial charge is 0.507 e. The summed E-state index contributed by atoms with van der Waals surface area (Å²) < 4.78 is 5.50. The van der Waals surface area contributed by atoms with Gasteiger partial charge in [0.15, 0.2) is 5.43 Å². The molecule has 0 fully saturated rings. The van der Waals surface area contributed by atoms with E-state index in [1.54, 1.807) is 19.9 Å². The minimum Gasteiger partial charge on any atom is -0.507 e. The fourth-order valence-electron chi connectivity index (χ4n) is 1.84. The molecule has 4 heteroatoms. The van der Waals surface area contributed by atoms with Crippen molar-refractivity contribution in [3.8, 4) is 5.75 Å². The summed E-state index contributed by atoms with van der Waals surface area (Å²) in [6.07, 6.45) is -0.297. The molecule has 0 aliphatic carbocycles. The summed E-state index contributed by atoms with van der Waals surface area (Å²) in [7, 11) is 0. The van der Waals surface area contributed by atoms with E-state index in [1.165, 1.54) is 12.1 Å². The van der Waals surface area contributed by atoms with E-state index in [0.717, 1.165) is 5.56 Å². The molecule has 1 atom stereocenters. The average Bonchev–Trinajstić information content (AvgIpc) is 2.13. The minimum absolute atomic E-state index is 0.0719. The van der Waals surface area contributed by atoms with E-state index >= 15 is 0 Å². The van der Waals surface area contributed by atoms with Crippen molar-refractivity contribution in [2.45, 2.75) is 26.4 Å². The van der Waals surface area contributed by atoms with Crippen molar-refractivity contribution in [3.63, 3.8) is 0 Å². The van der Waals surface area contributed by atoms with Crippen molar-refractivity contribution < 1.29 is 14.6 Å². The van der Waals surface area contributed by atoms with Gasteiger partial charge in [0.1, 0.15) is 22.5 Å². The van der Waals surface area contributed by atoms with Crippen LogP contribution in [0.2, 0.25) is 0 Å². The third-order valence-electron chi connectivity index (χ3n) is 2.50. The Kier molecular flexibility index (Phi) is 2.90. The van der Waals surface area contributed by atoms with Gasteiger partial charge in [-0.15, -0.1) is 0 Å². The fourth-order valence-corrected chi connectivity index (χ4v) is 1.84. The second-order valence-electron chi connectivity index (χ2n) is 4.29. The second kappa shape index (κ2) is 4.22. The van der Waals surface area contributed by atoms with Crippen LogP contribution < -0.4 is 5.43 Å². The third-order valence-corrected chi connectivity index (χ3v) is 2.50. The van der Waals surface area contributed by atoms with Crippen molar-refractivity contribution >= 4 is 11.0 Å². The van der Waals surface area contributed by atoms with Gasteiger partial charge in [0.25, 0.3) is 0 Å². The first-order valence-electron chi connectivity index (χ1n) is 5.42. The topological polar surface area (TPSA) is 70.7 Å². The van der Waals surface area contributed by atoms with Gasteiger partial charge in [-0.05, 0) is 31.5 Å². The van der Waals surface area contributed by atoms with Gasteiger partial charge in [-0.3, -0.25) is 4.79 Å². The molecular weight excluding hydrogens is 220 g/mol. The minimum atomic E-state index is -0.575. The number of aliphatic hydroxyl groups is 1. The van der Waals surface area contributed by atoms with Crippen molar-refractivity contribution in [2.24, 2.45) is 0 Å². The summed E-state index contributed by atoms with van der Waals surface area (Å²) in [5, 5.41) is 19.1. The van der Waals surface area contributed by atoms with Gasteiger partial charge in [-0.1, -0.05) is 0 Å². The van der Waals surface area contributed by atoms with Crippen molar-refractivity contribution in [1.82, 2.24) is 0 Å². The Balaban J connectivity index is 2.69. The predicted molar refractivity (Wildman–Crippen MR) is 64.3 cm³/mol. The fraction of sp³-hybridized carbons (Fsp3) is 0.308. The van der Waals surface area contributed by atoms with Crippen LogP contribution in [0.5, 0.6) is 5.75 Å². The molecular formula is C13H14O4. The van der Waals surface area contributed by atoms with E-state index in [9.17, 15) is 15.0 Å². The molecule has 2 rings (SSSR count). The van der Waals surface area contributed by atoms with Crippen LogP contribution in [0, 0.1) is 6.92 Å². The van der Waals surface area contributed by atoms with E-state index < -0.39 is 6.10 Å². The molecule has 0 bridgehead atoms. The molecule has 1 heterocycles. The molecule has 90 valence electrons. The van der Waals surface area contributed by atoms with Gasteiger partial charge >= 0.3 is 0 Å². The lowest BCUT2D eigenvalue weighted by atomic mass is 10.1. The van der Waals surface area contributed by atoms with Crippen LogP contribution >= 0.6 is 0 Å². The molecule has 0 aliphatic rings. The van der Waals surface area contributed by atoms with Crippen LogP contribution in [0.1, 0.15) is 18.2 Å². The number of rotatable bonds is 2. The molecule has 4 nitrogen and oxygen atoms in total. The Bertz CT molecular complexity index is 611. The monoisotopic (exact) mass is 234 g/mol. The first kappa shape index (κ1) is 11.7. The maximum absolute atomic E-state index is 11.8. The third kappa shape index (κ3) is 2.31. The maximum Gasteiger partial charge on any atom is 0.196 e. The number of fused-ring (bicyclic) bond motifs is 1. The maximum atomic E-state index is 11.8. The smallest absolute Gasteiger partial charge is 0.196 e. The normalized spacial score (nSPS) is 12.9. The standard InChI is InChI=1S/C13H14O4/c1-7-3-10(15)13-11(16)6-9(5-8(2)14)17-12(13)4-7/h3-4,6,8,14-15H,5H2,1-2H3. The summed E-state index contributed by atoms with van der Waals surface area (Å²) in [4.78, 5) is 11.8. The average molecular weight is 234 g/mol. The lowest BCUT2D eigenvalue weighted by Crippen LogP contribution is -2.08. The number of hydrogen-bond acceptors (Lipinski definition) is 4. The molecule has 0 radical (unpaired) electrons. The Morgan fingerprint density at radius 2 is 2.06 bits per heavy atom. The van der Waals surface area contributed by atoms with E-state index in [-0.39, 0.29) is 23.0 Å². The molecule has 0 saturated heterocycles. The van der Waals surface area contributed by atoms with Crippen LogP contribution in [0.15, 0.2) is 27.4 Å². The highest BCUT2D eigenvalue weighted by Gasteiger charge is 2.11. The molecule has 1 aromatic carbocycles. The molecule has 2 N–H and O–H groups in total. The van der Waals surface area contributed by atoms with Gasteiger partial charge in [0, 0.05) is 12.5 Å². The Morgan fingerprint density at radius 3 is 2.71 bits per heavy atom. The van der Waals surface area contributed by atoms with Crippen molar-refractivity contribution in [1.29, 1.82) is 0 Å². The van der Waals surface area contributed by atoms with E-state index in [4.69, 9.17) is 4.42 Å². The van der Waals surface area contributed by atoms with E-state index in [0.29, 0.717) is 11.3 Å². The summed E-state index contributed by atoms with van der Waals surface area (Å²) in [5.41, 5.74) is 0.873. The van der Waals surface area contributed by atoms with Crippen LogP contribution in [0.25, 0.3) is 11.0 Å². The van der Waals surface area contributed by atoms with Crippen molar-refractivity contribution in [2.75, 3.05) is 0 Å². The highest BCUT2D eigenvalue weighted by Crippen LogP contribution is 2.24. The summed E-state index contributed by atoms with van der Waals surface area (Å²) in [6.45, 7) is 3.43. The van der Waals surface area contributed by atoms with E-state index in [1.807, 2.05) is 0 Å². The Labute approximate surface area is 98.1 Å². The zero-order valence-corrected chi connectivity index (χ0v) is 9.73. The van der Waals surface area contributed by atoms with Crippen LogP contribution in [0.4, 0.5) is 0 Å². The number of aryl methyl sites for hydroxylation is 1. The quantitative estimate of drug-likeness (QED) is 0.830. The first-order valence-corrected chi connectivity index (χ1v) is 5.42.